The minimum atomic E-state index is -1.11. The van der Waals surface area contributed by atoms with Crippen LogP contribution in [0.25, 0.3) is 0 Å². The van der Waals surface area contributed by atoms with Gasteiger partial charge >= 0.3 is 5.97 Å². The summed E-state index contributed by atoms with van der Waals surface area (Å²) in [5.74, 6) is -1.58. The Hall–Kier alpha value is -2.47. The number of halogens is 1. The number of aromatic carboxylic acids is 1. The van der Waals surface area contributed by atoms with Crippen molar-refractivity contribution in [3.05, 3.63) is 52.8 Å². The van der Waals surface area contributed by atoms with Crippen molar-refractivity contribution in [1.82, 2.24) is 10.2 Å². The molecule has 2 rings (SSSR count). The number of nitrogens with zero attached hydrogens (tertiary/aromatic N) is 3. The van der Waals surface area contributed by atoms with E-state index in [4.69, 9.17) is 16.7 Å². The average Bonchev–Trinajstić information content (AvgIpc) is 2.46. The van der Waals surface area contributed by atoms with Crippen molar-refractivity contribution in [2.45, 2.75) is 0 Å². The summed E-state index contributed by atoms with van der Waals surface area (Å²) in [5.41, 5.74) is 0.393. The smallest absolute Gasteiger partial charge is 0.337 e. The molecule has 0 aliphatic heterocycles. The van der Waals surface area contributed by atoms with Crippen LogP contribution in [0.2, 0.25) is 5.15 Å². The van der Waals surface area contributed by atoms with Gasteiger partial charge in [0.15, 0.2) is 10.8 Å². The molecule has 6 nitrogen and oxygen atoms in total. The van der Waals surface area contributed by atoms with E-state index in [-0.39, 0.29) is 22.1 Å². The third-order valence-corrected chi connectivity index (χ3v) is 2.85. The first-order valence-electron chi connectivity index (χ1n) is 5.60. The third-order valence-electron chi connectivity index (χ3n) is 2.65. The molecule has 0 aliphatic carbocycles. The van der Waals surface area contributed by atoms with Crippen molar-refractivity contribution in [2.24, 2.45) is 0 Å². The summed E-state index contributed by atoms with van der Waals surface area (Å²) in [6.45, 7) is 0. The van der Waals surface area contributed by atoms with Gasteiger partial charge in [-0.1, -0.05) is 23.7 Å². The van der Waals surface area contributed by atoms with Gasteiger partial charge in [0.05, 0.1) is 11.3 Å². The Bertz CT molecular complexity index is 658. The topological polar surface area (TPSA) is 83.4 Å². The Morgan fingerprint density at radius 3 is 2.45 bits per heavy atom. The van der Waals surface area contributed by atoms with E-state index in [2.05, 4.69) is 10.2 Å². The SMILES string of the molecule is CN(C(=O)c1ccc(Cl)nn1)c1ccccc1C(=O)O. The number of hydrogen-bond acceptors (Lipinski definition) is 4. The minimum absolute atomic E-state index is 0.0327. The van der Waals surface area contributed by atoms with E-state index in [0.717, 1.165) is 0 Å². The lowest BCUT2D eigenvalue weighted by Gasteiger charge is -2.18. The third kappa shape index (κ3) is 2.75. The fraction of sp³-hybridized carbons (Fsp3) is 0.0769. The van der Waals surface area contributed by atoms with Gasteiger partial charge in [-0.25, -0.2) is 4.79 Å². The highest BCUT2D eigenvalue weighted by molar-refractivity contribution is 6.29. The van der Waals surface area contributed by atoms with Gasteiger partial charge in [-0.15, -0.1) is 10.2 Å². The largest absolute Gasteiger partial charge is 0.478 e. The number of anilines is 1. The first kappa shape index (κ1) is 14.0. The van der Waals surface area contributed by atoms with E-state index in [9.17, 15) is 9.59 Å². The maximum absolute atomic E-state index is 12.2. The fourth-order valence-corrected chi connectivity index (χ4v) is 1.76. The van der Waals surface area contributed by atoms with Gasteiger partial charge in [0.2, 0.25) is 0 Å². The van der Waals surface area contributed by atoms with E-state index in [1.807, 2.05) is 0 Å². The van der Waals surface area contributed by atoms with E-state index < -0.39 is 11.9 Å². The normalized spacial score (nSPS) is 10.1. The lowest BCUT2D eigenvalue weighted by Crippen LogP contribution is -2.28. The summed E-state index contributed by atoms with van der Waals surface area (Å²) in [6.07, 6.45) is 0. The van der Waals surface area contributed by atoms with Crippen LogP contribution in [0, 0.1) is 0 Å². The number of carboxylic acid groups (broad SMARTS) is 1. The second kappa shape index (κ2) is 5.66. The standard InChI is InChI=1S/C13H10ClN3O3/c1-17(10-5-3-2-4-8(10)13(19)20)12(18)9-6-7-11(14)16-15-9/h2-7H,1H3,(H,19,20). The summed E-state index contributed by atoms with van der Waals surface area (Å²) >= 11 is 5.60. The summed E-state index contributed by atoms with van der Waals surface area (Å²) in [7, 11) is 1.47. The molecule has 1 aromatic carbocycles. The zero-order chi connectivity index (χ0) is 14.7. The maximum atomic E-state index is 12.2. The van der Waals surface area contributed by atoms with E-state index in [0.29, 0.717) is 0 Å². The number of para-hydroxylation sites is 1. The molecular formula is C13H10ClN3O3. The molecule has 0 bridgehead atoms. The van der Waals surface area contributed by atoms with E-state index in [1.54, 1.807) is 18.2 Å². The van der Waals surface area contributed by atoms with Gasteiger partial charge in [0.25, 0.3) is 5.91 Å². The lowest BCUT2D eigenvalue weighted by molar-refractivity contribution is 0.0697. The molecule has 0 fully saturated rings. The number of benzene rings is 1. The number of amides is 1. The molecule has 0 saturated heterocycles. The quantitative estimate of drug-likeness (QED) is 0.936. The first-order valence-corrected chi connectivity index (χ1v) is 5.98. The molecule has 20 heavy (non-hydrogen) atoms. The molecule has 0 atom stereocenters. The van der Waals surface area contributed by atoms with Crippen molar-refractivity contribution in [3.8, 4) is 0 Å². The summed E-state index contributed by atoms with van der Waals surface area (Å²) < 4.78 is 0. The van der Waals surface area contributed by atoms with Crippen LogP contribution in [0.4, 0.5) is 5.69 Å². The second-order valence-corrected chi connectivity index (χ2v) is 4.32. The predicted molar refractivity (Wildman–Crippen MR) is 73.2 cm³/mol. The summed E-state index contributed by atoms with van der Waals surface area (Å²) in [4.78, 5) is 24.6. The van der Waals surface area contributed by atoms with Gasteiger partial charge in [0.1, 0.15) is 0 Å². The molecular weight excluding hydrogens is 282 g/mol. The van der Waals surface area contributed by atoms with Crippen LogP contribution in [-0.4, -0.2) is 34.2 Å². The number of hydrogen-bond donors (Lipinski definition) is 1. The van der Waals surface area contributed by atoms with Gasteiger partial charge in [-0.3, -0.25) is 4.79 Å². The number of carbonyl (C=O) groups excluding carboxylic acids is 1. The van der Waals surface area contributed by atoms with Crippen molar-refractivity contribution >= 4 is 29.2 Å². The molecule has 0 spiro atoms. The Morgan fingerprint density at radius 1 is 1.15 bits per heavy atom. The molecule has 0 radical (unpaired) electrons. The van der Waals surface area contributed by atoms with Crippen molar-refractivity contribution in [2.75, 3.05) is 11.9 Å². The molecule has 1 heterocycles. The zero-order valence-electron chi connectivity index (χ0n) is 10.4. The van der Waals surface area contributed by atoms with Crippen molar-refractivity contribution in [1.29, 1.82) is 0 Å². The lowest BCUT2D eigenvalue weighted by atomic mass is 10.1. The predicted octanol–water partition coefficient (Wildman–Crippen LogP) is 2.10. The Morgan fingerprint density at radius 2 is 1.85 bits per heavy atom. The minimum Gasteiger partial charge on any atom is -0.478 e. The van der Waals surface area contributed by atoms with Crippen molar-refractivity contribution in [3.63, 3.8) is 0 Å². The summed E-state index contributed by atoms with van der Waals surface area (Å²) in [6, 6.07) is 9.09. The van der Waals surface area contributed by atoms with E-state index >= 15 is 0 Å². The second-order valence-electron chi connectivity index (χ2n) is 3.93. The molecule has 2 aromatic rings. The van der Waals surface area contributed by atoms with Crippen molar-refractivity contribution < 1.29 is 14.7 Å². The number of carbonyl (C=O) groups is 2. The van der Waals surface area contributed by atoms with Gasteiger partial charge < -0.3 is 10.0 Å². The Labute approximate surface area is 119 Å². The van der Waals surface area contributed by atoms with Gasteiger partial charge in [-0.2, -0.15) is 0 Å². The van der Waals surface area contributed by atoms with Crippen LogP contribution in [0.1, 0.15) is 20.8 Å². The monoisotopic (exact) mass is 291 g/mol. The van der Waals surface area contributed by atoms with Gasteiger partial charge in [0, 0.05) is 7.05 Å². The highest BCUT2D eigenvalue weighted by atomic mass is 35.5. The van der Waals surface area contributed by atoms with Crippen LogP contribution in [0.5, 0.6) is 0 Å². The van der Waals surface area contributed by atoms with Crippen LogP contribution in [-0.2, 0) is 0 Å². The van der Waals surface area contributed by atoms with E-state index in [1.165, 1.54) is 30.1 Å². The van der Waals surface area contributed by atoms with Crippen LogP contribution in [0.3, 0.4) is 0 Å². The zero-order valence-corrected chi connectivity index (χ0v) is 11.2. The Balaban J connectivity index is 2.36. The fourth-order valence-electron chi connectivity index (χ4n) is 1.66. The summed E-state index contributed by atoms with van der Waals surface area (Å²) in [5, 5.41) is 16.6. The molecule has 102 valence electrons. The molecule has 1 amide bonds. The molecule has 0 unspecified atom stereocenters. The van der Waals surface area contributed by atoms with Gasteiger partial charge in [-0.05, 0) is 24.3 Å². The first-order chi connectivity index (χ1) is 9.50. The maximum Gasteiger partial charge on any atom is 0.337 e. The highest BCUT2D eigenvalue weighted by Crippen LogP contribution is 2.20. The molecule has 0 aliphatic rings. The number of aromatic nitrogens is 2. The highest BCUT2D eigenvalue weighted by Gasteiger charge is 2.20. The molecule has 1 N–H and O–H groups in total. The molecule has 0 saturated carbocycles. The van der Waals surface area contributed by atoms with Crippen LogP contribution < -0.4 is 4.90 Å². The Kier molecular flexibility index (Phi) is 3.95. The van der Waals surface area contributed by atoms with Crippen LogP contribution >= 0.6 is 11.6 Å². The molecule has 7 heteroatoms. The molecule has 1 aromatic heterocycles. The number of rotatable bonds is 3. The average molecular weight is 292 g/mol. The number of carboxylic acids is 1. The van der Waals surface area contributed by atoms with Crippen LogP contribution in [0.15, 0.2) is 36.4 Å².